The molecule has 1 aliphatic rings. The summed E-state index contributed by atoms with van der Waals surface area (Å²) in [5.74, 6) is 0.878. The molecule has 0 radical (unpaired) electrons. The van der Waals surface area contributed by atoms with E-state index in [1.807, 2.05) is 18.5 Å². The Morgan fingerprint density at radius 3 is 2.68 bits per heavy atom. The number of pyridine rings is 1. The lowest BCUT2D eigenvalue weighted by Gasteiger charge is -2.39. The van der Waals surface area contributed by atoms with Gasteiger partial charge in [-0.1, -0.05) is 26.3 Å². The molecule has 1 heterocycles. The number of nitrogens with two attached hydrogens (primary N) is 1. The quantitative estimate of drug-likeness (QED) is 0.820. The van der Waals surface area contributed by atoms with Crippen molar-refractivity contribution in [2.75, 3.05) is 13.1 Å². The van der Waals surface area contributed by atoms with Crippen LogP contribution in [0.1, 0.15) is 51.1 Å². The van der Waals surface area contributed by atoms with Gasteiger partial charge in [-0.15, -0.1) is 0 Å². The molecule has 0 aromatic carbocycles. The summed E-state index contributed by atoms with van der Waals surface area (Å²) in [5, 5.41) is 0. The predicted octanol–water partition coefficient (Wildman–Crippen LogP) is 2.98. The van der Waals surface area contributed by atoms with Gasteiger partial charge in [0.05, 0.1) is 6.04 Å². The molecule has 3 heteroatoms. The van der Waals surface area contributed by atoms with Gasteiger partial charge in [-0.25, -0.2) is 0 Å². The van der Waals surface area contributed by atoms with Crippen molar-refractivity contribution in [3.05, 3.63) is 30.1 Å². The highest BCUT2D eigenvalue weighted by atomic mass is 15.2. The van der Waals surface area contributed by atoms with Crippen molar-refractivity contribution >= 4 is 0 Å². The molecule has 1 aliphatic carbocycles. The van der Waals surface area contributed by atoms with Crippen molar-refractivity contribution in [2.24, 2.45) is 11.7 Å². The summed E-state index contributed by atoms with van der Waals surface area (Å²) in [4.78, 5) is 6.82. The third-order valence-electron chi connectivity index (χ3n) is 4.42. The predicted molar refractivity (Wildman–Crippen MR) is 79.8 cm³/mol. The van der Waals surface area contributed by atoms with E-state index >= 15 is 0 Å². The molecule has 2 N–H and O–H groups in total. The Bertz CT molecular complexity index is 362. The molecule has 0 bridgehead atoms. The molecule has 2 unspecified atom stereocenters. The average molecular weight is 261 g/mol. The van der Waals surface area contributed by atoms with Gasteiger partial charge < -0.3 is 5.73 Å². The minimum Gasteiger partial charge on any atom is -0.326 e. The number of aromatic nitrogens is 1. The fourth-order valence-corrected chi connectivity index (χ4v) is 2.95. The molecule has 1 saturated carbocycles. The molecule has 0 saturated heterocycles. The van der Waals surface area contributed by atoms with Crippen LogP contribution in [-0.4, -0.2) is 29.0 Å². The maximum absolute atomic E-state index is 6.39. The Morgan fingerprint density at radius 1 is 1.42 bits per heavy atom. The van der Waals surface area contributed by atoms with E-state index in [9.17, 15) is 0 Å². The fourth-order valence-electron chi connectivity index (χ4n) is 2.95. The second kappa shape index (κ2) is 7.01. The standard InChI is InChI=1S/C16H27N3/c1-3-15(17)16(14-9-6-10-18-11-14)19(4-2)12-13-7-5-8-13/h6,9-11,13,15-16H,3-5,7-8,12,17H2,1-2H3. The third kappa shape index (κ3) is 3.54. The van der Waals surface area contributed by atoms with E-state index < -0.39 is 0 Å². The number of hydrogen-bond donors (Lipinski definition) is 1. The highest BCUT2D eigenvalue weighted by Crippen LogP contribution is 2.31. The van der Waals surface area contributed by atoms with Gasteiger partial charge in [-0.05, 0) is 43.4 Å². The van der Waals surface area contributed by atoms with Crippen LogP contribution in [0, 0.1) is 5.92 Å². The van der Waals surface area contributed by atoms with Gasteiger partial charge in [-0.3, -0.25) is 9.88 Å². The number of likely N-dealkylation sites (N-methyl/N-ethyl adjacent to an activating group) is 1. The van der Waals surface area contributed by atoms with E-state index in [1.54, 1.807) is 0 Å². The Kier molecular flexibility index (Phi) is 5.34. The van der Waals surface area contributed by atoms with Gasteiger partial charge >= 0.3 is 0 Å². The molecule has 1 aromatic rings. The number of rotatable bonds is 7. The highest BCUT2D eigenvalue weighted by molar-refractivity contribution is 5.16. The molecule has 3 nitrogen and oxygen atoms in total. The molecule has 2 atom stereocenters. The lowest BCUT2D eigenvalue weighted by atomic mass is 9.84. The van der Waals surface area contributed by atoms with Crippen LogP contribution in [0.2, 0.25) is 0 Å². The topological polar surface area (TPSA) is 42.1 Å². The Hall–Kier alpha value is -0.930. The van der Waals surface area contributed by atoms with Gasteiger partial charge in [0, 0.05) is 25.0 Å². The number of nitrogens with zero attached hydrogens (tertiary/aromatic N) is 2. The second-order valence-corrected chi connectivity index (χ2v) is 5.69. The van der Waals surface area contributed by atoms with Crippen LogP contribution in [-0.2, 0) is 0 Å². The maximum Gasteiger partial charge on any atom is 0.0514 e. The van der Waals surface area contributed by atoms with Crippen molar-refractivity contribution in [2.45, 2.75) is 51.6 Å². The molecule has 1 fully saturated rings. The SMILES string of the molecule is CCC(N)C(c1cccnc1)N(CC)CC1CCC1. The van der Waals surface area contributed by atoms with Crippen LogP contribution in [0.5, 0.6) is 0 Å². The van der Waals surface area contributed by atoms with E-state index in [0.29, 0.717) is 6.04 Å². The highest BCUT2D eigenvalue weighted by Gasteiger charge is 2.28. The first kappa shape index (κ1) is 14.5. The van der Waals surface area contributed by atoms with Gasteiger partial charge in [0.2, 0.25) is 0 Å². The van der Waals surface area contributed by atoms with Crippen molar-refractivity contribution in [1.29, 1.82) is 0 Å². The second-order valence-electron chi connectivity index (χ2n) is 5.69. The molecule has 0 aliphatic heterocycles. The van der Waals surface area contributed by atoms with E-state index in [1.165, 1.54) is 31.4 Å². The summed E-state index contributed by atoms with van der Waals surface area (Å²) < 4.78 is 0. The normalized spacial score (nSPS) is 19.2. The van der Waals surface area contributed by atoms with E-state index in [0.717, 1.165) is 18.9 Å². The van der Waals surface area contributed by atoms with Crippen molar-refractivity contribution in [1.82, 2.24) is 9.88 Å². The Balaban J connectivity index is 2.14. The van der Waals surface area contributed by atoms with Crippen LogP contribution < -0.4 is 5.73 Å². The van der Waals surface area contributed by atoms with Crippen molar-refractivity contribution in [3.63, 3.8) is 0 Å². The third-order valence-corrected chi connectivity index (χ3v) is 4.42. The van der Waals surface area contributed by atoms with Gasteiger partial charge in [0.1, 0.15) is 0 Å². The first-order valence-corrected chi connectivity index (χ1v) is 7.65. The summed E-state index contributed by atoms with van der Waals surface area (Å²) in [6.07, 6.45) is 8.99. The van der Waals surface area contributed by atoms with Gasteiger partial charge in [0.25, 0.3) is 0 Å². The summed E-state index contributed by atoms with van der Waals surface area (Å²) in [5.41, 5.74) is 7.65. The van der Waals surface area contributed by atoms with E-state index in [-0.39, 0.29) is 6.04 Å². The van der Waals surface area contributed by atoms with Crippen molar-refractivity contribution in [3.8, 4) is 0 Å². The lowest BCUT2D eigenvalue weighted by molar-refractivity contribution is 0.121. The molecular weight excluding hydrogens is 234 g/mol. The summed E-state index contributed by atoms with van der Waals surface area (Å²) >= 11 is 0. The lowest BCUT2D eigenvalue weighted by Crippen LogP contribution is -2.43. The molecular formula is C16H27N3. The zero-order valence-electron chi connectivity index (χ0n) is 12.3. The largest absolute Gasteiger partial charge is 0.326 e. The minimum atomic E-state index is 0.184. The van der Waals surface area contributed by atoms with Gasteiger partial charge in [0.15, 0.2) is 0 Å². The molecule has 0 amide bonds. The molecule has 1 aromatic heterocycles. The molecule has 106 valence electrons. The van der Waals surface area contributed by atoms with Crippen LogP contribution >= 0.6 is 0 Å². The van der Waals surface area contributed by atoms with E-state index in [4.69, 9.17) is 5.73 Å². The number of hydrogen-bond acceptors (Lipinski definition) is 3. The Labute approximate surface area is 117 Å². The van der Waals surface area contributed by atoms with Crippen LogP contribution in [0.25, 0.3) is 0 Å². The summed E-state index contributed by atoms with van der Waals surface area (Å²) in [6.45, 7) is 6.66. The average Bonchev–Trinajstić information content (AvgIpc) is 2.41. The van der Waals surface area contributed by atoms with Crippen LogP contribution in [0.15, 0.2) is 24.5 Å². The maximum atomic E-state index is 6.39. The first-order chi connectivity index (χ1) is 9.26. The zero-order valence-corrected chi connectivity index (χ0v) is 12.3. The first-order valence-electron chi connectivity index (χ1n) is 7.65. The summed E-state index contributed by atoms with van der Waals surface area (Å²) in [7, 11) is 0. The Morgan fingerprint density at radius 2 is 2.21 bits per heavy atom. The fraction of sp³-hybridized carbons (Fsp3) is 0.688. The van der Waals surface area contributed by atoms with Crippen LogP contribution in [0.3, 0.4) is 0 Å². The van der Waals surface area contributed by atoms with Crippen molar-refractivity contribution < 1.29 is 0 Å². The molecule has 19 heavy (non-hydrogen) atoms. The van der Waals surface area contributed by atoms with Gasteiger partial charge in [-0.2, -0.15) is 0 Å². The summed E-state index contributed by atoms with van der Waals surface area (Å²) in [6, 6.07) is 4.67. The molecule has 2 rings (SSSR count). The van der Waals surface area contributed by atoms with E-state index in [2.05, 4.69) is 29.8 Å². The monoisotopic (exact) mass is 261 g/mol. The zero-order chi connectivity index (χ0) is 13.7. The minimum absolute atomic E-state index is 0.184. The molecule has 0 spiro atoms. The van der Waals surface area contributed by atoms with Crippen LogP contribution in [0.4, 0.5) is 0 Å². The smallest absolute Gasteiger partial charge is 0.0514 e.